The molecular formula is C12H14ClN3. The number of halogens is 1. The first kappa shape index (κ1) is 11.2. The van der Waals surface area contributed by atoms with Crippen molar-refractivity contribution in [1.29, 1.82) is 0 Å². The topological polar surface area (TPSA) is 43.8 Å². The minimum atomic E-state index is -0.174. The maximum absolute atomic E-state index is 6.19. The molecule has 0 saturated heterocycles. The largest absolute Gasteiger partial charge is 0.320 e. The molecule has 0 spiro atoms. The minimum Gasteiger partial charge on any atom is -0.320 e. The Hall–Kier alpha value is -1.32. The zero-order valence-electron chi connectivity index (χ0n) is 9.31. The number of hydrogen-bond donors (Lipinski definition) is 1. The van der Waals surface area contributed by atoms with Gasteiger partial charge in [-0.2, -0.15) is 5.10 Å². The Morgan fingerprint density at radius 1 is 1.44 bits per heavy atom. The zero-order valence-corrected chi connectivity index (χ0v) is 10.1. The summed E-state index contributed by atoms with van der Waals surface area (Å²) < 4.78 is 1.75. The van der Waals surface area contributed by atoms with E-state index in [2.05, 4.69) is 5.10 Å². The van der Waals surface area contributed by atoms with Crippen LogP contribution in [0, 0.1) is 6.92 Å². The lowest BCUT2D eigenvalue weighted by Crippen LogP contribution is -2.12. The summed E-state index contributed by atoms with van der Waals surface area (Å²) in [7, 11) is 1.88. The van der Waals surface area contributed by atoms with E-state index in [-0.39, 0.29) is 6.04 Å². The third-order valence-electron chi connectivity index (χ3n) is 2.73. The van der Waals surface area contributed by atoms with Crippen LogP contribution in [0.1, 0.15) is 22.7 Å². The Labute approximate surface area is 99.8 Å². The van der Waals surface area contributed by atoms with Crippen LogP contribution < -0.4 is 5.73 Å². The van der Waals surface area contributed by atoms with Gasteiger partial charge in [0.2, 0.25) is 0 Å². The fourth-order valence-corrected chi connectivity index (χ4v) is 1.92. The van der Waals surface area contributed by atoms with Crippen LogP contribution in [-0.4, -0.2) is 9.78 Å². The van der Waals surface area contributed by atoms with Crippen LogP contribution in [0.4, 0.5) is 0 Å². The molecule has 1 aromatic heterocycles. The van der Waals surface area contributed by atoms with Crippen molar-refractivity contribution < 1.29 is 0 Å². The van der Waals surface area contributed by atoms with Gasteiger partial charge in [0.05, 0.1) is 12.2 Å². The van der Waals surface area contributed by atoms with Gasteiger partial charge in [-0.15, -0.1) is 0 Å². The van der Waals surface area contributed by atoms with Crippen molar-refractivity contribution in [3.05, 3.63) is 52.3 Å². The highest BCUT2D eigenvalue weighted by atomic mass is 35.5. The normalized spacial score (nSPS) is 12.8. The smallest absolute Gasteiger partial charge is 0.0585 e. The van der Waals surface area contributed by atoms with Crippen molar-refractivity contribution >= 4 is 11.6 Å². The van der Waals surface area contributed by atoms with E-state index in [4.69, 9.17) is 17.3 Å². The van der Waals surface area contributed by atoms with Crippen LogP contribution in [0.15, 0.2) is 30.6 Å². The van der Waals surface area contributed by atoms with Gasteiger partial charge in [0.15, 0.2) is 0 Å². The molecule has 16 heavy (non-hydrogen) atoms. The number of nitrogens with two attached hydrogens (primary N) is 1. The lowest BCUT2D eigenvalue weighted by Gasteiger charge is -2.13. The van der Waals surface area contributed by atoms with E-state index < -0.39 is 0 Å². The average Bonchev–Trinajstić information content (AvgIpc) is 2.68. The van der Waals surface area contributed by atoms with Crippen molar-refractivity contribution in [2.24, 2.45) is 12.8 Å². The van der Waals surface area contributed by atoms with E-state index in [0.29, 0.717) is 0 Å². The van der Waals surface area contributed by atoms with Gasteiger partial charge in [-0.3, -0.25) is 4.68 Å². The molecular weight excluding hydrogens is 222 g/mol. The molecule has 1 aromatic carbocycles. The highest BCUT2D eigenvalue weighted by Crippen LogP contribution is 2.26. The highest BCUT2D eigenvalue weighted by Gasteiger charge is 2.14. The number of aromatic nitrogens is 2. The molecule has 4 heteroatoms. The third kappa shape index (κ3) is 1.96. The van der Waals surface area contributed by atoms with Crippen LogP contribution in [0.3, 0.4) is 0 Å². The Kier molecular flexibility index (Phi) is 2.99. The Balaban J connectivity index is 2.41. The van der Waals surface area contributed by atoms with E-state index in [0.717, 1.165) is 21.7 Å². The standard InChI is InChI=1S/C12H14ClN3/c1-8-10(4-3-5-11(8)13)12(14)9-6-15-16(2)7-9/h3-7,12H,14H2,1-2H3. The number of nitrogens with zero attached hydrogens (tertiary/aromatic N) is 2. The summed E-state index contributed by atoms with van der Waals surface area (Å²) in [6.07, 6.45) is 3.70. The van der Waals surface area contributed by atoms with E-state index in [1.165, 1.54) is 0 Å². The molecule has 0 radical (unpaired) electrons. The van der Waals surface area contributed by atoms with Crippen molar-refractivity contribution in [2.75, 3.05) is 0 Å². The predicted octanol–water partition coefficient (Wildman–Crippen LogP) is 2.43. The fourth-order valence-electron chi connectivity index (χ4n) is 1.74. The van der Waals surface area contributed by atoms with Gasteiger partial charge >= 0.3 is 0 Å². The Morgan fingerprint density at radius 2 is 2.19 bits per heavy atom. The molecule has 0 aliphatic rings. The molecule has 1 atom stereocenters. The Bertz CT molecular complexity index is 505. The number of hydrogen-bond acceptors (Lipinski definition) is 2. The lowest BCUT2D eigenvalue weighted by atomic mass is 9.98. The molecule has 2 N–H and O–H groups in total. The summed E-state index contributed by atoms with van der Waals surface area (Å²) in [6.45, 7) is 1.98. The second-order valence-corrected chi connectivity index (χ2v) is 4.29. The molecule has 2 aromatic rings. The summed E-state index contributed by atoms with van der Waals surface area (Å²) in [5.74, 6) is 0. The van der Waals surface area contributed by atoms with Gasteiger partial charge in [-0.05, 0) is 24.1 Å². The number of benzene rings is 1. The van der Waals surface area contributed by atoms with Gasteiger partial charge in [0, 0.05) is 23.8 Å². The molecule has 0 saturated carbocycles. The lowest BCUT2D eigenvalue weighted by molar-refractivity contribution is 0.765. The minimum absolute atomic E-state index is 0.174. The summed E-state index contributed by atoms with van der Waals surface area (Å²) in [5, 5.41) is 4.87. The van der Waals surface area contributed by atoms with Crippen molar-refractivity contribution in [3.63, 3.8) is 0 Å². The molecule has 1 heterocycles. The quantitative estimate of drug-likeness (QED) is 0.869. The van der Waals surface area contributed by atoms with Gasteiger partial charge in [-0.1, -0.05) is 23.7 Å². The second-order valence-electron chi connectivity index (χ2n) is 3.88. The fraction of sp³-hybridized carbons (Fsp3) is 0.250. The number of aryl methyl sites for hydroxylation is 1. The van der Waals surface area contributed by atoms with Gasteiger partial charge in [-0.25, -0.2) is 0 Å². The van der Waals surface area contributed by atoms with Gasteiger partial charge in [0.25, 0.3) is 0 Å². The second kappa shape index (κ2) is 4.28. The van der Waals surface area contributed by atoms with Gasteiger partial charge in [0.1, 0.15) is 0 Å². The molecule has 84 valence electrons. The van der Waals surface area contributed by atoms with Crippen LogP contribution >= 0.6 is 11.6 Å². The Morgan fingerprint density at radius 3 is 2.81 bits per heavy atom. The molecule has 0 fully saturated rings. The first-order chi connectivity index (χ1) is 7.59. The zero-order chi connectivity index (χ0) is 11.7. The SMILES string of the molecule is Cc1c(Cl)cccc1C(N)c1cnn(C)c1. The van der Waals surface area contributed by atoms with E-state index in [1.54, 1.807) is 10.9 Å². The summed E-state index contributed by atoms with van der Waals surface area (Å²) in [6, 6.07) is 5.61. The van der Waals surface area contributed by atoms with E-state index >= 15 is 0 Å². The monoisotopic (exact) mass is 235 g/mol. The van der Waals surface area contributed by atoms with Crippen molar-refractivity contribution in [1.82, 2.24) is 9.78 Å². The highest BCUT2D eigenvalue weighted by molar-refractivity contribution is 6.31. The van der Waals surface area contributed by atoms with Crippen LogP contribution in [-0.2, 0) is 7.05 Å². The molecule has 0 aliphatic heterocycles. The third-order valence-corrected chi connectivity index (χ3v) is 3.14. The van der Waals surface area contributed by atoms with Gasteiger partial charge < -0.3 is 5.73 Å². The van der Waals surface area contributed by atoms with Crippen LogP contribution in [0.25, 0.3) is 0 Å². The molecule has 0 bridgehead atoms. The van der Waals surface area contributed by atoms with Crippen molar-refractivity contribution in [3.8, 4) is 0 Å². The predicted molar refractivity (Wildman–Crippen MR) is 65.4 cm³/mol. The van der Waals surface area contributed by atoms with Crippen LogP contribution in [0.5, 0.6) is 0 Å². The average molecular weight is 236 g/mol. The maximum Gasteiger partial charge on any atom is 0.0585 e. The number of rotatable bonds is 2. The molecule has 2 rings (SSSR count). The van der Waals surface area contributed by atoms with Crippen molar-refractivity contribution in [2.45, 2.75) is 13.0 Å². The first-order valence-electron chi connectivity index (χ1n) is 5.08. The van der Waals surface area contributed by atoms with Crippen LogP contribution in [0.2, 0.25) is 5.02 Å². The summed E-state index contributed by atoms with van der Waals surface area (Å²) >= 11 is 6.07. The molecule has 3 nitrogen and oxygen atoms in total. The summed E-state index contributed by atoms with van der Waals surface area (Å²) in [4.78, 5) is 0. The maximum atomic E-state index is 6.19. The summed E-state index contributed by atoms with van der Waals surface area (Å²) in [5.41, 5.74) is 9.25. The molecule has 1 unspecified atom stereocenters. The van der Waals surface area contributed by atoms with E-state index in [9.17, 15) is 0 Å². The molecule has 0 aliphatic carbocycles. The van der Waals surface area contributed by atoms with E-state index in [1.807, 2.05) is 38.4 Å². The first-order valence-corrected chi connectivity index (χ1v) is 5.46. The molecule has 0 amide bonds.